The molecule has 8 aromatic rings. The van der Waals surface area contributed by atoms with Crippen LogP contribution in [-0.4, -0.2) is 14.5 Å². The molecule has 0 aliphatic carbocycles. The van der Waals surface area contributed by atoms with Gasteiger partial charge >= 0.3 is 222 Å². The van der Waals surface area contributed by atoms with E-state index in [1.807, 2.05) is 0 Å². The van der Waals surface area contributed by atoms with Crippen LogP contribution in [0.2, 0.25) is 0 Å². The Morgan fingerprint density at radius 2 is 1.00 bits per heavy atom. The zero-order chi connectivity index (χ0) is 25.1. The Kier molecular flexibility index (Phi) is 4.91. The van der Waals surface area contributed by atoms with Crippen molar-refractivity contribution in [2.24, 2.45) is 0 Å². The molecule has 0 saturated heterocycles. The van der Waals surface area contributed by atoms with Crippen molar-refractivity contribution in [3.05, 3.63) is 140 Å². The average Bonchev–Trinajstić information content (AvgIpc) is 3.37. The van der Waals surface area contributed by atoms with Crippen molar-refractivity contribution in [3.8, 4) is 0 Å². The molecule has 0 aliphatic heterocycles. The molecular weight excluding hydrogens is 525 g/mol. The van der Waals surface area contributed by atoms with Gasteiger partial charge in [-0.2, -0.15) is 0 Å². The summed E-state index contributed by atoms with van der Waals surface area (Å²) in [6.07, 6.45) is 0. The fourth-order valence-electron chi connectivity index (χ4n) is 5.79. The number of nitrogens with zero attached hydrogens (tertiary/aromatic N) is 1. The van der Waals surface area contributed by atoms with Crippen LogP contribution in [0.3, 0.4) is 0 Å². The predicted octanol–water partition coefficient (Wildman–Crippen LogP) is 9.98. The number of para-hydroxylation sites is 1. The summed E-state index contributed by atoms with van der Waals surface area (Å²) < 4.78 is 2.99. The van der Waals surface area contributed by atoms with Crippen LogP contribution in [0.4, 0.5) is 17.1 Å². The van der Waals surface area contributed by atoms with E-state index in [0.29, 0.717) is 14.5 Å². The molecule has 2 heteroatoms. The second-order valence-electron chi connectivity index (χ2n) is 9.81. The van der Waals surface area contributed by atoms with Crippen LogP contribution in [0.25, 0.3) is 51.6 Å². The van der Waals surface area contributed by atoms with Gasteiger partial charge in [0, 0.05) is 0 Å². The van der Waals surface area contributed by atoms with Crippen molar-refractivity contribution >= 4 is 83.2 Å². The Morgan fingerprint density at radius 1 is 0.368 bits per heavy atom. The first kappa shape index (κ1) is 21.7. The average molecular weight is 549 g/mol. The zero-order valence-corrected chi connectivity index (χ0v) is 22.3. The van der Waals surface area contributed by atoms with E-state index in [1.165, 1.54) is 57.3 Å². The Morgan fingerprint density at radius 3 is 1.89 bits per heavy atom. The standard InChI is InChI=1S/C36H23NSe/c1-2-9-27(10-3-1)37(29-18-16-25-15-14-24-8-4-5-11-30(24)34(25)23-29)28-19-21-31-26(22-28)17-20-33-32-12-6-7-13-35(32)38-36(31)33/h1-23H. The van der Waals surface area contributed by atoms with Crippen LogP contribution in [0, 0.1) is 0 Å². The van der Waals surface area contributed by atoms with Crippen LogP contribution in [0.1, 0.15) is 0 Å². The fraction of sp³-hybridized carbons (Fsp3) is 0. The van der Waals surface area contributed by atoms with Crippen molar-refractivity contribution in [2.45, 2.75) is 0 Å². The molecular formula is C36H23NSe. The maximum atomic E-state index is 2.38. The Bertz CT molecular complexity index is 2140. The van der Waals surface area contributed by atoms with Crippen LogP contribution in [0.15, 0.2) is 140 Å². The molecule has 0 fully saturated rings. The first-order chi connectivity index (χ1) is 18.8. The van der Waals surface area contributed by atoms with Crippen LogP contribution in [0.5, 0.6) is 0 Å². The summed E-state index contributed by atoms with van der Waals surface area (Å²) in [5.74, 6) is 0. The molecule has 0 aliphatic rings. The van der Waals surface area contributed by atoms with E-state index in [0.717, 1.165) is 11.4 Å². The van der Waals surface area contributed by atoms with Gasteiger partial charge in [0.2, 0.25) is 0 Å². The van der Waals surface area contributed by atoms with Gasteiger partial charge in [-0.05, 0) is 0 Å². The number of benzene rings is 7. The minimum atomic E-state index is 0.339. The minimum absolute atomic E-state index is 0.339. The van der Waals surface area contributed by atoms with E-state index in [-0.39, 0.29) is 0 Å². The summed E-state index contributed by atoms with van der Waals surface area (Å²) in [6, 6.07) is 51.1. The Hall–Kier alpha value is -4.36. The molecule has 0 bridgehead atoms. The van der Waals surface area contributed by atoms with Crippen LogP contribution in [-0.2, 0) is 0 Å². The summed E-state index contributed by atoms with van der Waals surface area (Å²) in [5, 5.41) is 10.6. The fourth-order valence-corrected chi connectivity index (χ4v) is 8.39. The van der Waals surface area contributed by atoms with Crippen molar-refractivity contribution in [1.82, 2.24) is 0 Å². The predicted molar refractivity (Wildman–Crippen MR) is 166 cm³/mol. The molecule has 8 rings (SSSR count). The van der Waals surface area contributed by atoms with Gasteiger partial charge in [0.1, 0.15) is 0 Å². The molecule has 0 N–H and O–H groups in total. The number of anilines is 3. The van der Waals surface area contributed by atoms with E-state index in [2.05, 4.69) is 144 Å². The van der Waals surface area contributed by atoms with Gasteiger partial charge in [0.05, 0.1) is 0 Å². The molecule has 178 valence electrons. The third-order valence-corrected chi connectivity index (χ3v) is 10.2. The molecule has 38 heavy (non-hydrogen) atoms. The quantitative estimate of drug-likeness (QED) is 0.157. The molecule has 0 atom stereocenters. The molecule has 0 radical (unpaired) electrons. The topological polar surface area (TPSA) is 3.24 Å². The molecule has 1 aromatic heterocycles. The van der Waals surface area contributed by atoms with Gasteiger partial charge in [-0.1, -0.05) is 6.07 Å². The molecule has 0 saturated carbocycles. The van der Waals surface area contributed by atoms with E-state index in [9.17, 15) is 0 Å². The van der Waals surface area contributed by atoms with Gasteiger partial charge in [0.25, 0.3) is 0 Å². The molecule has 1 nitrogen and oxygen atoms in total. The third-order valence-electron chi connectivity index (χ3n) is 7.60. The zero-order valence-electron chi connectivity index (χ0n) is 20.6. The number of hydrogen-bond acceptors (Lipinski definition) is 1. The first-order valence-corrected chi connectivity index (χ1v) is 14.7. The van der Waals surface area contributed by atoms with E-state index in [4.69, 9.17) is 0 Å². The van der Waals surface area contributed by atoms with Gasteiger partial charge < -0.3 is 0 Å². The second kappa shape index (κ2) is 8.60. The maximum absolute atomic E-state index is 2.38. The summed E-state index contributed by atoms with van der Waals surface area (Å²) in [4.78, 5) is 2.38. The van der Waals surface area contributed by atoms with E-state index >= 15 is 0 Å². The van der Waals surface area contributed by atoms with E-state index < -0.39 is 0 Å². The normalized spacial score (nSPS) is 11.7. The Labute approximate surface area is 226 Å². The van der Waals surface area contributed by atoms with Crippen LogP contribution >= 0.6 is 0 Å². The summed E-state index contributed by atoms with van der Waals surface area (Å²) in [6.45, 7) is 0. The third kappa shape index (κ3) is 3.39. The first-order valence-electron chi connectivity index (χ1n) is 12.9. The van der Waals surface area contributed by atoms with Gasteiger partial charge in [-0.25, -0.2) is 0 Å². The number of fused-ring (bicyclic) bond motifs is 8. The van der Waals surface area contributed by atoms with Gasteiger partial charge in [-0.15, -0.1) is 0 Å². The van der Waals surface area contributed by atoms with E-state index in [1.54, 1.807) is 0 Å². The monoisotopic (exact) mass is 549 g/mol. The van der Waals surface area contributed by atoms with Crippen molar-refractivity contribution in [1.29, 1.82) is 0 Å². The van der Waals surface area contributed by atoms with Crippen molar-refractivity contribution in [2.75, 3.05) is 4.90 Å². The second-order valence-corrected chi connectivity index (χ2v) is 12.0. The van der Waals surface area contributed by atoms with Crippen molar-refractivity contribution in [3.63, 3.8) is 0 Å². The van der Waals surface area contributed by atoms with Gasteiger partial charge in [0.15, 0.2) is 0 Å². The number of rotatable bonds is 3. The van der Waals surface area contributed by atoms with Crippen molar-refractivity contribution < 1.29 is 0 Å². The molecule has 0 amide bonds. The molecule has 1 heterocycles. The molecule has 7 aromatic carbocycles. The Balaban J connectivity index is 1.35. The number of hydrogen-bond donors (Lipinski definition) is 0. The molecule has 0 spiro atoms. The summed E-state index contributed by atoms with van der Waals surface area (Å²) in [5.41, 5.74) is 3.49. The SMILES string of the molecule is c1ccc(N(c2ccc3c(ccc4c5ccccc5[se]c34)c2)c2ccc3ccc4ccccc4c3c2)cc1. The van der Waals surface area contributed by atoms with Gasteiger partial charge in [-0.3, -0.25) is 0 Å². The van der Waals surface area contributed by atoms with Crippen LogP contribution < -0.4 is 4.90 Å². The molecule has 0 unspecified atom stereocenters. The summed E-state index contributed by atoms with van der Waals surface area (Å²) in [7, 11) is 0. The summed E-state index contributed by atoms with van der Waals surface area (Å²) >= 11 is 0.339.